The zero-order valence-corrected chi connectivity index (χ0v) is 24.6. The van der Waals surface area contributed by atoms with E-state index in [2.05, 4.69) is 10.2 Å². The van der Waals surface area contributed by atoms with Gasteiger partial charge in [-0.1, -0.05) is 25.2 Å². The molecule has 1 aliphatic heterocycles. The number of rotatable bonds is 10. The Labute approximate surface area is 244 Å². The Kier molecular flexibility index (Phi) is 8.57. The van der Waals surface area contributed by atoms with Crippen LogP contribution in [0.5, 0.6) is 5.75 Å². The number of aliphatic hydroxyl groups excluding tert-OH is 1. The van der Waals surface area contributed by atoms with Gasteiger partial charge >= 0.3 is 5.69 Å². The fourth-order valence-corrected chi connectivity index (χ4v) is 6.64. The third-order valence-corrected chi connectivity index (χ3v) is 8.73. The van der Waals surface area contributed by atoms with Gasteiger partial charge in [-0.3, -0.25) is 18.7 Å². The highest BCUT2D eigenvalue weighted by Gasteiger charge is 2.33. The second-order valence-electron chi connectivity index (χ2n) is 10.4. The predicted octanol–water partition coefficient (Wildman–Crippen LogP) is 2.44. The molecular formula is C28H33FN6O6S. The summed E-state index contributed by atoms with van der Waals surface area (Å²) in [5.74, 6) is -0.431. The molecule has 4 heterocycles. The molecule has 1 saturated heterocycles. The number of ether oxygens (including phenoxy) is 2. The van der Waals surface area contributed by atoms with Gasteiger partial charge in [0.25, 0.3) is 5.56 Å². The third-order valence-electron chi connectivity index (χ3n) is 7.45. The van der Waals surface area contributed by atoms with E-state index in [0.29, 0.717) is 45.1 Å². The number of carbonyl (C=O) groups excluding carboxylic acids is 1. The van der Waals surface area contributed by atoms with Crippen LogP contribution < -0.4 is 16.0 Å². The molecule has 14 heteroatoms. The molecule has 1 aromatic carbocycles. The largest absolute Gasteiger partial charge is 0.496 e. The molecule has 42 heavy (non-hydrogen) atoms. The summed E-state index contributed by atoms with van der Waals surface area (Å²) < 4.78 is 28.5. The molecule has 1 fully saturated rings. The van der Waals surface area contributed by atoms with Crippen LogP contribution in [0, 0.1) is 18.7 Å². The van der Waals surface area contributed by atoms with Crippen molar-refractivity contribution in [3.63, 3.8) is 0 Å². The maximum absolute atomic E-state index is 14.4. The van der Waals surface area contributed by atoms with E-state index in [1.54, 1.807) is 11.8 Å². The van der Waals surface area contributed by atoms with Gasteiger partial charge < -0.3 is 19.5 Å². The number of nitrogens with zero attached hydrogens (tertiary/aromatic N) is 6. The van der Waals surface area contributed by atoms with E-state index in [4.69, 9.17) is 9.47 Å². The molecule has 0 bridgehead atoms. The van der Waals surface area contributed by atoms with E-state index in [1.165, 1.54) is 63.0 Å². The molecule has 3 aromatic heterocycles. The molecule has 0 unspecified atom stereocenters. The minimum absolute atomic E-state index is 0.0404. The minimum atomic E-state index is -0.911. The van der Waals surface area contributed by atoms with Gasteiger partial charge in [0.1, 0.15) is 27.5 Å². The molecule has 12 nitrogen and oxygen atoms in total. The van der Waals surface area contributed by atoms with Gasteiger partial charge in [-0.05, 0) is 31.5 Å². The number of likely N-dealkylation sites (tertiary alicyclic amines) is 1. The maximum atomic E-state index is 14.4. The first-order chi connectivity index (χ1) is 20.2. The van der Waals surface area contributed by atoms with Crippen molar-refractivity contribution in [1.82, 2.24) is 29.0 Å². The lowest BCUT2D eigenvalue weighted by atomic mass is 10.1. The molecule has 0 spiro atoms. The van der Waals surface area contributed by atoms with Crippen LogP contribution in [0.1, 0.15) is 43.5 Å². The second-order valence-corrected chi connectivity index (χ2v) is 11.4. The Morgan fingerprint density at radius 2 is 1.98 bits per heavy atom. The Hall–Kier alpha value is -3.88. The Balaban J connectivity index is 1.71. The number of hydrogen-bond acceptors (Lipinski definition) is 9. The van der Waals surface area contributed by atoms with Crippen molar-refractivity contribution in [2.45, 2.75) is 45.9 Å². The van der Waals surface area contributed by atoms with Crippen molar-refractivity contribution in [3.05, 3.63) is 68.4 Å². The molecule has 4 aromatic rings. The van der Waals surface area contributed by atoms with Gasteiger partial charge in [0.05, 0.1) is 50.7 Å². The number of carbonyl (C=O) groups is 1. The van der Waals surface area contributed by atoms with Crippen LogP contribution in [0.3, 0.4) is 0 Å². The number of methoxy groups -OCH3 is 1. The lowest BCUT2D eigenvalue weighted by molar-refractivity contribution is -0.133. The normalized spacial score (nSPS) is 16.1. The summed E-state index contributed by atoms with van der Waals surface area (Å²) in [6.07, 6.45) is 2.57. The first kappa shape index (κ1) is 29.6. The summed E-state index contributed by atoms with van der Waals surface area (Å²) in [5, 5.41) is 18.8. The van der Waals surface area contributed by atoms with E-state index in [0.717, 1.165) is 0 Å². The van der Waals surface area contributed by atoms with Crippen LogP contribution in [-0.2, 0) is 16.1 Å². The van der Waals surface area contributed by atoms with Gasteiger partial charge in [0, 0.05) is 30.1 Å². The van der Waals surface area contributed by atoms with Crippen molar-refractivity contribution in [2.75, 3.05) is 33.4 Å². The van der Waals surface area contributed by atoms with Crippen LogP contribution in [0.15, 0.2) is 40.2 Å². The van der Waals surface area contributed by atoms with Gasteiger partial charge in [0.15, 0.2) is 0 Å². The molecule has 5 rings (SSSR count). The summed E-state index contributed by atoms with van der Waals surface area (Å²) in [4.78, 5) is 44.5. The minimum Gasteiger partial charge on any atom is -0.496 e. The predicted molar refractivity (Wildman–Crippen MR) is 154 cm³/mol. The molecule has 0 aliphatic carbocycles. The zero-order valence-electron chi connectivity index (χ0n) is 23.8. The van der Waals surface area contributed by atoms with Gasteiger partial charge in [-0.25, -0.2) is 9.18 Å². The number of benzene rings is 1. The quantitative estimate of drug-likeness (QED) is 0.294. The van der Waals surface area contributed by atoms with Gasteiger partial charge in [0.2, 0.25) is 5.91 Å². The number of aliphatic hydroxyl groups is 1. The summed E-state index contributed by atoms with van der Waals surface area (Å²) in [7, 11) is 1.45. The number of aromatic nitrogens is 5. The van der Waals surface area contributed by atoms with E-state index in [9.17, 15) is 23.9 Å². The summed E-state index contributed by atoms with van der Waals surface area (Å²) >= 11 is 1.18. The molecule has 1 amide bonds. The number of aryl methyl sites for hydroxylation is 1. The van der Waals surface area contributed by atoms with Crippen LogP contribution in [0.2, 0.25) is 0 Å². The fraction of sp³-hybridized carbons (Fsp3) is 0.464. The highest BCUT2D eigenvalue weighted by atomic mass is 32.1. The van der Waals surface area contributed by atoms with Crippen LogP contribution in [0.25, 0.3) is 15.2 Å². The molecule has 2 atom stereocenters. The van der Waals surface area contributed by atoms with E-state index >= 15 is 0 Å². The van der Waals surface area contributed by atoms with Gasteiger partial charge in [-0.2, -0.15) is 10.2 Å². The zero-order chi connectivity index (χ0) is 30.1. The van der Waals surface area contributed by atoms with Gasteiger partial charge in [-0.15, -0.1) is 4.80 Å². The number of thiophene rings is 1. The Bertz CT molecular complexity index is 1710. The average molecular weight is 601 g/mol. The number of hydrogen-bond donors (Lipinski definition) is 1. The van der Waals surface area contributed by atoms with E-state index < -0.39 is 29.2 Å². The van der Waals surface area contributed by atoms with Crippen LogP contribution >= 0.6 is 11.3 Å². The lowest BCUT2D eigenvalue weighted by Gasteiger charge is -2.23. The Morgan fingerprint density at radius 1 is 1.24 bits per heavy atom. The molecule has 0 saturated carbocycles. The first-order valence-electron chi connectivity index (χ1n) is 13.7. The topological polar surface area (TPSA) is 134 Å². The molecular weight excluding hydrogens is 567 g/mol. The Morgan fingerprint density at radius 3 is 2.64 bits per heavy atom. The number of halogens is 1. The van der Waals surface area contributed by atoms with E-state index in [1.807, 2.05) is 13.8 Å². The fourth-order valence-electron chi connectivity index (χ4n) is 5.42. The molecule has 1 N–H and O–H groups in total. The third kappa shape index (κ3) is 5.37. The molecule has 1 aliphatic rings. The molecule has 224 valence electrons. The van der Waals surface area contributed by atoms with Crippen LogP contribution in [-0.4, -0.2) is 73.5 Å². The number of fused-ring (bicyclic) bond motifs is 1. The van der Waals surface area contributed by atoms with Crippen molar-refractivity contribution in [3.8, 4) is 10.8 Å². The smallest absolute Gasteiger partial charge is 0.332 e. The summed E-state index contributed by atoms with van der Waals surface area (Å²) in [5.41, 5.74) is -0.0903. The number of amides is 1. The SMILES string of the molecule is COc1ccc(F)cc1[C@H](Cn1c(=O)n([C@@H]2CCN(C(=O)C(C)C)C2)c(=O)c2c(C)c(-n3nccn3)sc21)OCCO. The average Bonchev–Trinajstić information content (AvgIpc) is 3.73. The second kappa shape index (κ2) is 12.2. The monoisotopic (exact) mass is 600 g/mol. The first-order valence-corrected chi connectivity index (χ1v) is 14.5. The van der Waals surface area contributed by atoms with Crippen molar-refractivity contribution >= 4 is 27.5 Å². The van der Waals surface area contributed by atoms with E-state index in [-0.39, 0.29) is 38.1 Å². The van der Waals surface area contributed by atoms with Crippen molar-refractivity contribution in [2.24, 2.45) is 5.92 Å². The van der Waals surface area contributed by atoms with Crippen molar-refractivity contribution in [1.29, 1.82) is 0 Å². The lowest BCUT2D eigenvalue weighted by Crippen LogP contribution is -2.44. The maximum Gasteiger partial charge on any atom is 0.332 e. The van der Waals surface area contributed by atoms with Crippen molar-refractivity contribution < 1.29 is 23.8 Å². The summed E-state index contributed by atoms with van der Waals surface area (Å²) in [6, 6.07) is 3.46. The standard InChI is InChI=1S/C28H33FN6O6S/c1-16(2)24(37)32-10-7-19(14-32)34-25(38)23-17(3)26(35-30-8-9-31-35)42-27(23)33(28(34)39)15-22(41-12-11-36)20-13-18(29)5-6-21(20)40-4/h5-6,8-9,13,16,19,22,36H,7,10-12,14-15H2,1-4H3/t19-,22+/m1/s1. The highest BCUT2D eigenvalue weighted by molar-refractivity contribution is 7.21. The van der Waals surface area contributed by atoms with Crippen LogP contribution in [0.4, 0.5) is 4.39 Å². The highest BCUT2D eigenvalue weighted by Crippen LogP contribution is 2.34. The molecule has 0 radical (unpaired) electrons. The summed E-state index contributed by atoms with van der Waals surface area (Å²) in [6.45, 7) is 5.58.